The number of hydrogen-bond acceptors (Lipinski definition) is 4. The molecule has 1 saturated heterocycles. The van der Waals surface area contributed by atoms with E-state index in [0.29, 0.717) is 11.8 Å². The van der Waals surface area contributed by atoms with Gasteiger partial charge in [0.15, 0.2) is 0 Å². The molecule has 2 aliphatic carbocycles. The van der Waals surface area contributed by atoms with Gasteiger partial charge in [0, 0.05) is 29.5 Å². The van der Waals surface area contributed by atoms with Gasteiger partial charge in [-0.05, 0) is 60.5 Å². The van der Waals surface area contributed by atoms with Gasteiger partial charge in [0.1, 0.15) is 11.1 Å². The lowest BCUT2D eigenvalue weighted by Gasteiger charge is -2.40. The standard InChI is InChI=1S/C25H26N2OS/c28-23(24-26-11-14-29-24)17-9-12-27(13-10-17)16-25-15-20(18-5-1-3-7-21(18)25)19-6-2-4-8-22(19)25/h1-8,11,14,17,20,23,28H,9-10,12-13,15-16H2/t20?,23-,25?/m1/s1. The van der Waals surface area contributed by atoms with Gasteiger partial charge in [0.25, 0.3) is 0 Å². The maximum atomic E-state index is 10.7. The fraction of sp³-hybridized carbons (Fsp3) is 0.400. The van der Waals surface area contributed by atoms with Crippen molar-refractivity contribution in [3.8, 4) is 0 Å². The molecule has 2 bridgehead atoms. The molecule has 2 aromatic carbocycles. The van der Waals surface area contributed by atoms with Gasteiger partial charge in [-0.25, -0.2) is 4.98 Å². The van der Waals surface area contributed by atoms with Crippen LogP contribution in [0.4, 0.5) is 0 Å². The number of aliphatic hydroxyl groups is 1. The quantitative estimate of drug-likeness (QED) is 0.686. The van der Waals surface area contributed by atoms with Crippen molar-refractivity contribution in [3.63, 3.8) is 0 Å². The third-order valence-electron chi connectivity index (χ3n) is 7.53. The minimum Gasteiger partial charge on any atom is -0.386 e. The summed E-state index contributed by atoms with van der Waals surface area (Å²) in [5.74, 6) is 0.890. The summed E-state index contributed by atoms with van der Waals surface area (Å²) in [6.07, 6.45) is 4.70. The lowest BCUT2D eigenvalue weighted by atomic mass is 9.74. The number of aliphatic hydroxyl groups excluding tert-OH is 1. The van der Waals surface area contributed by atoms with Crippen LogP contribution >= 0.6 is 11.3 Å². The molecule has 0 amide bonds. The summed E-state index contributed by atoms with van der Waals surface area (Å²) in [5, 5.41) is 13.5. The summed E-state index contributed by atoms with van der Waals surface area (Å²) in [7, 11) is 0. The van der Waals surface area contributed by atoms with Crippen molar-refractivity contribution in [1.29, 1.82) is 0 Å². The minimum atomic E-state index is -0.404. The van der Waals surface area contributed by atoms with Gasteiger partial charge in [0.05, 0.1) is 0 Å². The number of piperidine rings is 1. The van der Waals surface area contributed by atoms with Gasteiger partial charge in [0.2, 0.25) is 0 Å². The second-order valence-corrected chi connectivity index (χ2v) is 9.87. The Morgan fingerprint density at radius 2 is 1.69 bits per heavy atom. The lowest BCUT2D eigenvalue weighted by Crippen LogP contribution is -2.44. The molecule has 3 aliphatic rings. The van der Waals surface area contributed by atoms with Crippen molar-refractivity contribution in [1.82, 2.24) is 9.88 Å². The number of benzene rings is 2. The molecule has 0 unspecified atom stereocenters. The Kier molecular flexibility index (Phi) is 4.15. The van der Waals surface area contributed by atoms with Crippen LogP contribution in [0.25, 0.3) is 0 Å². The molecule has 1 aliphatic heterocycles. The fourth-order valence-corrected chi connectivity index (χ4v) is 6.91. The van der Waals surface area contributed by atoms with Crippen molar-refractivity contribution < 1.29 is 5.11 Å². The molecule has 29 heavy (non-hydrogen) atoms. The van der Waals surface area contributed by atoms with E-state index in [-0.39, 0.29) is 5.41 Å². The van der Waals surface area contributed by atoms with Crippen LogP contribution in [0.2, 0.25) is 0 Å². The largest absolute Gasteiger partial charge is 0.386 e. The van der Waals surface area contributed by atoms with Gasteiger partial charge in [-0.2, -0.15) is 0 Å². The number of fused-ring (bicyclic) bond motifs is 8. The zero-order valence-corrected chi connectivity index (χ0v) is 17.3. The van der Waals surface area contributed by atoms with Gasteiger partial charge < -0.3 is 10.0 Å². The first-order chi connectivity index (χ1) is 14.3. The molecule has 2 heterocycles. The maximum absolute atomic E-state index is 10.7. The Morgan fingerprint density at radius 3 is 2.31 bits per heavy atom. The number of hydrogen-bond donors (Lipinski definition) is 1. The van der Waals surface area contributed by atoms with E-state index in [1.165, 1.54) is 6.42 Å². The van der Waals surface area contributed by atoms with E-state index in [4.69, 9.17) is 0 Å². The molecule has 148 valence electrons. The predicted octanol–water partition coefficient (Wildman–Crippen LogP) is 4.72. The Morgan fingerprint density at radius 1 is 1.03 bits per heavy atom. The van der Waals surface area contributed by atoms with E-state index in [9.17, 15) is 5.11 Å². The first-order valence-electron chi connectivity index (χ1n) is 10.7. The van der Waals surface area contributed by atoms with Crippen molar-refractivity contribution in [2.45, 2.75) is 36.7 Å². The molecule has 1 atom stereocenters. The highest BCUT2D eigenvalue weighted by Gasteiger charge is 2.53. The zero-order valence-electron chi connectivity index (χ0n) is 16.5. The van der Waals surface area contributed by atoms with Gasteiger partial charge in [-0.1, -0.05) is 48.5 Å². The lowest BCUT2D eigenvalue weighted by molar-refractivity contribution is 0.0539. The molecule has 1 fully saturated rings. The molecule has 3 nitrogen and oxygen atoms in total. The van der Waals surface area contributed by atoms with Gasteiger partial charge >= 0.3 is 0 Å². The Hall–Kier alpha value is -2.01. The van der Waals surface area contributed by atoms with E-state index in [2.05, 4.69) is 58.4 Å². The van der Waals surface area contributed by atoms with Gasteiger partial charge in [-0.3, -0.25) is 0 Å². The van der Waals surface area contributed by atoms with Crippen LogP contribution in [0.3, 0.4) is 0 Å². The smallest absolute Gasteiger partial charge is 0.121 e. The Labute approximate surface area is 176 Å². The number of nitrogens with zero attached hydrogens (tertiary/aromatic N) is 2. The van der Waals surface area contributed by atoms with Crippen LogP contribution in [-0.2, 0) is 5.41 Å². The minimum absolute atomic E-state index is 0.138. The molecule has 0 spiro atoms. The highest BCUT2D eigenvalue weighted by Crippen LogP contribution is 2.60. The van der Waals surface area contributed by atoms with Crippen LogP contribution in [0.1, 0.15) is 58.5 Å². The highest BCUT2D eigenvalue weighted by molar-refractivity contribution is 7.09. The molecule has 1 N–H and O–H groups in total. The van der Waals surface area contributed by atoms with E-state index in [0.717, 1.165) is 37.5 Å². The Bertz CT molecular complexity index is 975. The summed E-state index contributed by atoms with van der Waals surface area (Å²) in [6.45, 7) is 3.21. The molecule has 3 aromatic rings. The molecule has 1 aromatic heterocycles. The zero-order chi connectivity index (χ0) is 19.4. The van der Waals surface area contributed by atoms with Crippen LogP contribution in [-0.4, -0.2) is 34.6 Å². The molecule has 4 heteroatoms. The third-order valence-corrected chi connectivity index (χ3v) is 8.38. The summed E-state index contributed by atoms with van der Waals surface area (Å²) in [6, 6.07) is 18.2. The second-order valence-electron chi connectivity index (χ2n) is 8.94. The summed E-state index contributed by atoms with van der Waals surface area (Å²) in [4.78, 5) is 6.97. The molecular weight excluding hydrogens is 376 g/mol. The topological polar surface area (TPSA) is 36.4 Å². The molecule has 0 radical (unpaired) electrons. The Balaban J connectivity index is 1.25. The molecular formula is C25H26N2OS. The first kappa shape index (κ1) is 17.8. The van der Waals surface area contributed by atoms with Crippen LogP contribution in [0, 0.1) is 5.92 Å². The van der Waals surface area contributed by atoms with E-state index in [1.54, 1.807) is 39.8 Å². The maximum Gasteiger partial charge on any atom is 0.121 e. The van der Waals surface area contributed by atoms with Crippen LogP contribution in [0.5, 0.6) is 0 Å². The first-order valence-corrected chi connectivity index (χ1v) is 11.6. The summed E-state index contributed by atoms with van der Waals surface area (Å²) >= 11 is 1.57. The second kappa shape index (κ2) is 6.76. The normalized spacial score (nSPS) is 27.0. The van der Waals surface area contributed by atoms with E-state index in [1.807, 2.05) is 5.38 Å². The monoisotopic (exact) mass is 402 g/mol. The average Bonchev–Trinajstić information content (AvgIpc) is 3.49. The average molecular weight is 403 g/mol. The van der Waals surface area contributed by atoms with E-state index < -0.39 is 6.10 Å². The third kappa shape index (κ3) is 2.66. The highest BCUT2D eigenvalue weighted by atomic mass is 32.1. The molecule has 6 rings (SSSR count). The number of aromatic nitrogens is 1. The van der Waals surface area contributed by atoms with Crippen molar-refractivity contribution in [2.75, 3.05) is 19.6 Å². The number of thiazole rings is 1. The van der Waals surface area contributed by atoms with Crippen LogP contribution in [0.15, 0.2) is 60.1 Å². The predicted molar refractivity (Wildman–Crippen MR) is 116 cm³/mol. The summed E-state index contributed by atoms with van der Waals surface area (Å²) < 4.78 is 0. The van der Waals surface area contributed by atoms with Crippen molar-refractivity contribution >= 4 is 11.3 Å². The van der Waals surface area contributed by atoms with Crippen molar-refractivity contribution in [2.24, 2.45) is 5.92 Å². The van der Waals surface area contributed by atoms with E-state index >= 15 is 0 Å². The van der Waals surface area contributed by atoms with Crippen molar-refractivity contribution in [3.05, 3.63) is 87.4 Å². The molecule has 0 saturated carbocycles. The van der Waals surface area contributed by atoms with Crippen LogP contribution < -0.4 is 0 Å². The SMILES string of the molecule is O[C@@H](c1nccs1)C1CCN(CC23CC(c4ccccc42)c2ccccc23)CC1. The number of rotatable bonds is 4. The van der Waals surface area contributed by atoms with Gasteiger partial charge in [-0.15, -0.1) is 11.3 Å². The number of likely N-dealkylation sites (tertiary alicyclic amines) is 1. The fourth-order valence-electron chi connectivity index (χ4n) is 6.20. The summed E-state index contributed by atoms with van der Waals surface area (Å²) in [5.41, 5.74) is 6.32.